The number of non-ortho nitro benzene ring substituents is 1. The van der Waals surface area contributed by atoms with E-state index in [1.165, 1.54) is 43.4 Å². The number of esters is 1. The molecule has 0 aliphatic carbocycles. The number of rotatable bonds is 5. The zero-order valence-electron chi connectivity index (χ0n) is 16.3. The zero-order chi connectivity index (χ0) is 22.0. The Morgan fingerprint density at radius 2 is 1.83 bits per heavy atom. The van der Waals surface area contributed by atoms with E-state index in [1.54, 1.807) is 31.2 Å². The summed E-state index contributed by atoms with van der Waals surface area (Å²) in [5.74, 6) is -0.594. The summed E-state index contributed by atoms with van der Waals surface area (Å²) in [5.41, 5.74) is 1.50. The molecule has 0 saturated heterocycles. The topological polar surface area (TPSA) is 99.0 Å². The second-order valence-corrected chi connectivity index (χ2v) is 7.23. The number of nitro groups is 1. The quantitative estimate of drug-likeness (QED) is 0.279. The molecule has 0 atom stereocenters. The first-order valence-electron chi connectivity index (χ1n) is 8.72. The molecular weight excluding hydrogens is 456 g/mol. The van der Waals surface area contributed by atoms with Crippen molar-refractivity contribution in [1.29, 1.82) is 0 Å². The van der Waals surface area contributed by atoms with Crippen LogP contribution in [0.25, 0.3) is 6.08 Å². The maximum Gasteiger partial charge on any atom is 0.340 e. The Labute approximate surface area is 180 Å². The van der Waals surface area contributed by atoms with Crippen LogP contribution in [0.4, 0.5) is 11.4 Å². The van der Waals surface area contributed by atoms with E-state index in [-0.39, 0.29) is 16.8 Å². The average Bonchev–Trinajstić information content (AvgIpc) is 2.97. The molecule has 0 radical (unpaired) electrons. The molecule has 1 aliphatic heterocycles. The third-order valence-electron chi connectivity index (χ3n) is 4.60. The van der Waals surface area contributed by atoms with Crippen molar-refractivity contribution in [2.24, 2.45) is 0 Å². The number of carbonyl (C=O) groups is 2. The monoisotopic (exact) mass is 472 g/mol. The number of nitro benzene ring substituents is 1. The third-order valence-corrected chi connectivity index (χ3v) is 5.09. The highest BCUT2D eigenvalue weighted by Crippen LogP contribution is 2.37. The molecule has 0 N–H and O–H groups in total. The van der Waals surface area contributed by atoms with Crippen LogP contribution >= 0.6 is 15.9 Å². The molecule has 2 aromatic carbocycles. The molecule has 0 fully saturated rings. The molecule has 1 aliphatic rings. The summed E-state index contributed by atoms with van der Waals surface area (Å²) in [7, 11) is 2.74. The van der Waals surface area contributed by atoms with Crippen LogP contribution in [0.3, 0.4) is 0 Å². The number of hydrogen-bond donors (Lipinski definition) is 0. The van der Waals surface area contributed by atoms with Crippen molar-refractivity contribution in [2.75, 3.05) is 19.1 Å². The molecule has 0 spiro atoms. The first-order valence-corrected chi connectivity index (χ1v) is 9.51. The molecule has 0 bridgehead atoms. The molecule has 0 saturated carbocycles. The predicted octanol–water partition coefficient (Wildman–Crippen LogP) is 4.24. The van der Waals surface area contributed by atoms with Crippen LogP contribution in [-0.2, 0) is 14.3 Å². The highest BCUT2D eigenvalue weighted by molar-refractivity contribution is 9.10. The van der Waals surface area contributed by atoms with Gasteiger partial charge in [-0.05, 0) is 43.3 Å². The molecule has 154 valence electrons. The lowest BCUT2D eigenvalue weighted by molar-refractivity contribution is -0.384. The fraction of sp³-hybridized carbons (Fsp3) is 0.143. The van der Waals surface area contributed by atoms with Crippen molar-refractivity contribution in [3.05, 3.63) is 79.5 Å². The second-order valence-electron chi connectivity index (χ2n) is 6.31. The van der Waals surface area contributed by atoms with Crippen molar-refractivity contribution >= 4 is 45.3 Å². The molecule has 9 heteroatoms. The SMILES string of the molecule is COC(=O)C1=C(C)N(c2ccc([N+](=O)[O-])cc2)C(=O)/C1=C\c1cc(Br)ccc1OC. The van der Waals surface area contributed by atoms with Crippen molar-refractivity contribution in [2.45, 2.75) is 6.92 Å². The Hall–Kier alpha value is -3.46. The molecular formula is C21H17BrN2O6. The van der Waals surface area contributed by atoms with Gasteiger partial charge in [0.2, 0.25) is 0 Å². The van der Waals surface area contributed by atoms with E-state index >= 15 is 0 Å². The molecule has 0 aromatic heterocycles. The van der Waals surface area contributed by atoms with Crippen molar-refractivity contribution < 1.29 is 24.0 Å². The van der Waals surface area contributed by atoms with Crippen molar-refractivity contribution in [1.82, 2.24) is 0 Å². The van der Waals surface area contributed by atoms with E-state index in [2.05, 4.69) is 15.9 Å². The highest BCUT2D eigenvalue weighted by Gasteiger charge is 2.38. The molecule has 0 unspecified atom stereocenters. The van der Waals surface area contributed by atoms with Gasteiger partial charge in [-0.25, -0.2) is 4.79 Å². The lowest BCUT2D eigenvalue weighted by Crippen LogP contribution is -2.24. The third kappa shape index (κ3) is 3.84. The number of carbonyl (C=O) groups excluding carboxylic acids is 2. The van der Waals surface area contributed by atoms with E-state index < -0.39 is 16.8 Å². The number of allylic oxidation sites excluding steroid dienone is 1. The Balaban J connectivity index is 2.15. The number of methoxy groups -OCH3 is 2. The standard InChI is InChI=1S/C21H17BrN2O6/c1-12-19(21(26)30-3)17(11-13-10-14(22)4-9-18(13)29-2)20(25)23(12)15-5-7-16(8-6-15)24(27)28/h4-11H,1-3H3/b17-11-. The van der Waals surface area contributed by atoms with Crippen LogP contribution in [0.15, 0.2) is 63.8 Å². The number of benzene rings is 2. The van der Waals surface area contributed by atoms with E-state index in [9.17, 15) is 19.7 Å². The first-order chi connectivity index (χ1) is 14.3. The van der Waals surface area contributed by atoms with Crippen LogP contribution in [0, 0.1) is 10.1 Å². The van der Waals surface area contributed by atoms with E-state index in [0.717, 1.165) is 4.47 Å². The number of amides is 1. The fourth-order valence-corrected chi connectivity index (χ4v) is 3.57. The number of halogens is 1. The smallest absolute Gasteiger partial charge is 0.340 e. The maximum absolute atomic E-state index is 13.3. The fourth-order valence-electron chi connectivity index (χ4n) is 3.19. The van der Waals surface area contributed by atoms with Gasteiger partial charge in [-0.1, -0.05) is 15.9 Å². The zero-order valence-corrected chi connectivity index (χ0v) is 17.9. The molecule has 3 rings (SSSR count). The Kier molecular flexibility index (Phi) is 6.02. The van der Waals surface area contributed by atoms with Gasteiger partial charge in [0, 0.05) is 33.6 Å². The van der Waals surface area contributed by atoms with Crippen LogP contribution in [0.2, 0.25) is 0 Å². The van der Waals surface area contributed by atoms with E-state index in [4.69, 9.17) is 9.47 Å². The number of nitrogens with zero attached hydrogens (tertiary/aromatic N) is 2. The molecule has 30 heavy (non-hydrogen) atoms. The van der Waals surface area contributed by atoms with Crippen LogP contribution in [0.5, 0.6) is 5.75 Å². The second kappa shape index (κ2) is 8.50. The lowest BCUT2D eigenvalue weighted by atomic mass is 10.0. The number of ether oxygens (including phenoxy) is 2. The molecule has 1 heterocycles. The molecule has 1 amide bonds. The minimum atomic E-state index is -0.662. The van der Waals surface area contributed by atoms with Gasteiger partial charge in [0.25, 0.3) is 11.6 Å². The van der Waals surface area contributed by atoms with Crippen molar-refractivity contribution in [3.8, 4) is 5.75 Å². The summed E-state index contributed by atoms with van der Waals surface area (Å²) in [6.45, 7) is 1.62. The maximum atomic E-state index is 13.3. The van der Waals surface area contributed by atoms with Gasteiger partial charge in [0.1, 0.15) is 5.75 Å². The minimum absolute atomic E-state index is 0.102. The Bertz CT molecular complexity index is 1100. The largest absolute Gasteiger partial charge is 0.496 e. The van der Waals surface area contributed by atoms with Gasteiger partial charge in [0.15, 0.2) is 0 Å². The van der Waals surface area contributed by atoms with Gasteiger partial charge < -0.3 is 9.47 Å². The van der Waals surface area contributed by atoms with Crippen LogP contribution in [-0.4, -0.2) is 31.0 Å². The molecule has 2 aromatic rings. The summed E-state index contributed by atoms with van der Waals surface area (Å²) in [6, 6.07) is 10.8. The summed E-state index contributed by atoms with van der Waals surface area (Å²) in [4.78, 5) is 37.5. The van der Waals surface area contributed by atoms with Gasteiger partial charge in [-0.2, -0.15) is 0 Å². The van der Waals surface area contributed by atoms with Crippen molar-refractivity contribution in [3.63, 3.8) is 0 Å². The number of hydrogen-bond acceptors (Lipinski definition) is 6. The Morgan fingerprint density at radius 1 is 1.17 bits per heavy atom. The summed E-state index contributed by atoms with van der Waals surface area (Å²) >= 11 is 3.39. The average molecular weight is 473 g/mol. The number of anilines is 1. The summed E-state index contributed by atoms with van der Waals surface area (Å²) in [5, 5.41) is 10.9. The first kappa shape index (κ1) is 21.3. The highest BCUT2D eigenvalue weighted by atomic mass is 79.9. The van der Waals surface area contributed by atoms with Crippen LogP contribution < -0.4 is 9.64 Å². The van der Waals surface area contributed by atoms with Gasteiger partial charge in [-0.15, -0.1) is 0 Å². The van der Waals surface area contributed by atoms with E-state index in [1.807, 2.05) is 0 Å². The molecule has 8 nitrogen and oxygen atoms in total. The predicted molar refractivity (Wildman–Crippen MR) is 114 cm³/mol. The normalized spacial score (nSPS) is 15.0. The lowest BCUT2D eigenvalue weighted by Gasteiger charge is -2.17. The van der Waals surface area contributed by atoms with Gasteiger partial charge in [0.05, 0.1) is 30.3 Å². The Morgan fingerprint density at radius 3 is 2.40 bits per heavy atom. The van der Waals surface area contributed by atoms with E-state index in [0.29, 0.717) is 22.7 Å². The van der Waals surface area contributed by atoms with Gasteiger partial charge in [-0.3, -0.25) is 19.8 Å². The van der Waals surface area contributed by atoms with Crippen LogP contribution in [0.1, 0.15) is 12.5 Å². The van der Waals surface area contributed by atoms with Gasteiger partial charge >= 0.3 is 5.97 Å². The summed E-state index contributed by atoms with van der Waals surface area (Å²) in [6.07, 6.45) is 1.56. The minimum Gasteiger partial charge on any atom is -0.496 e. The summed E-state index contributed by atoms with van der Waals surface area (Å²) < 4.78 is 11.0.